The summed E-state index contributed by atoms with van der Waals surface area (Å²) in [6.45, 7) is -0.0349. The predicted octanol–water partition coefficient (Wildman–Crippen LogP) is 2.17. The Morgan fingerprint density at radius 1 is 1.37 bits per heavy atom. The lowest BCUT2D eigenvalue weighted by Gasteiger charge is -2.27. The molecule has 0 amide bonds. The summed E-state index contributed by atoms with van der Waals surface area (Å²) in [6.07, 6.45) is 5.05. The quantitative estimate of drug-likeness (QED) is 0.892. The van der Waals surface area contributed by atoms with Gasteiger partial charge in [0.2, 0.25) is 0 Å². The van der Waals surface area contributed by atoms with Gasteiger partial charge < -0.3 is 9.67 Å². The van der Waals surface area contributed by atoms with Crippen LogP contribution in [-0.4, -0.2) is 14.7 Å². The number of imidazole rings is 1. The number of hydrogen-bond acceptors (Lipinski definition) is 3. The molecule has 0 fully saturated rings. The number of aromatic nitrogens is 2. The molecule has 2 aromatic rings. The van der Waals surface area contributed by atoms with Gasteiger partial charge in [-0.1, -0.05) is 12.1 Å². The first kappa shape index (κ1) is 11.9. The number of fused-ring (bicyclic) bond motifs is 1. The standard InChI is InChI=1S/C15H15N3O/c16-8-11-4-6-12(7-5-11)14-3-1-2-13-9-17-15(10-19)18(13)14/h4-7,9,14,19H,1-3,10H2. The molecule has 0 radical (unpaired) electrons. The fraction of sp³-hybridized carbons (Fsp3) is 0.333. The van der Waals surface area contributed by atoms with Gasteiger partial charge in [0.1, 0.15) is 12.4 Å². The normalized spacial score (nSPS) is 17.8. The van der Waals surface area contributed by atoms with Crippen molar-refractivity contribution in [3.8, 4) is 6.07 Å². The Bertz CT molecular complexity index is 608. The summed E-state index contributed by atoms with van der Waals surface area (Å²) in [5.74, 6) is 0.726. The van der Waals surface area contributed by atoms with E-state index in [1.54, 1.807) is 0 Å². The lowest BCUT2D eigenvalue weighted by atomic mass is 9.95. The Kier molecular flexibility index (Phi) is 3.06. The molecular weight excluding hydrogens is 238 g/mol. The van der Waals surface area contributed by atoms with E-state index in [9.17, 15) is 5.11 Å². The molecule has 0 bridgehead atoms. The van der Waals surface area contributed by atoms with E-state index in [-0.39, 0.29) is 12.6 Å². The molecule has 96 valence electrons. The third kappa shape index (κ3) is 2.02. The van der Waals surface area contributed by atoms with E-state index >= 15 is 0 Å². The Morgan fingerprint density at radius 3 is 2.84 bits per heavy atom. The summed E-state index contributed by atoms with van der Waals surface area (Å²) in [5.41, 5.74) is 3.03. The third-order valence-electron chi connectivity index (χ3n) is 3.74. The van der Waals surface area contributed by atoms with Crippen molar-refractivity contribution in [1.29, 1.82) is 5.26 Å². The minimum atomic E-state index is -0.0349. The summed E-state index contributed by atoms with van der Waals surface area (Å²) in [7, 11) is 0. The molecule has 1 aliphatic heterocycles. The van der Waals surface area contributed by atoms with Crippen molar-refractivity contribution in [3.05, 3.63) is 53.1 Å². The fourth-order valence-corrected chi connectivity index (χ4v) is 2.82. The van der Waals surface area contributed by atoms with E-state index in [4.69, 9.17) is 5.26 Å². The minimum absolute atomic E-state index is 0.0349. The molecule has 1 N–H and O–H groups in total. The SMILES string of the molecule is N#Cc1ccc(C2CCCc3cnc(CO)n32)cc1. The van der Waals surface area contributed by atoms with Crippen LogP contribution in [0.5, 0.6) is 0 Å². The number of benzene rings is 1. The van der Waals surface area contributed by atoms with Gasteiger partial charge in [-0.3, -0.25) is 0 Å². The zero-order valence-electron chi connectivity index (χ0n) is 10.6. The lowest BCUT2D eigenvalue weighted by Crippen LogP contribution is -2.20. The molecule has 1 aromatic carbocycles. The number of aliphatic hydroxyl groups is 1. The van der Waals surface area contributed by atoms with Crippen molar-refractivity contribution in [2.24, 2.45) is 0 Å². The molecule has 0 spiro atoms. The minimum Gasteiger partial charge on any atom is -0.388 e. The molecule has 3 rings (SSSR count). The molecule has 1 atom stereocenters. The van der Waals surface area contributed by atoms with E-state index < -0.39 is 0 Å². The highest BCUT2D eigenvalue weighted by molar-refractivity contribution is 5.34. The molecule has 0 saturated carbocycles. The van der Waals surface area contributed by atoms with Crippen LogP contribution in [0.25, 0.3) is 0 Å². The maximum Gasteiger partial charge on any atom is 0.135 e. The number of hydrogen-bond donors (Lipinski definition) is 1. The summed E-state index contributed by atoms with van der Waals surface area (Å²) < 4.78 is 2.14. The number of nitriles is 1. The highest BCUT2D eigenvalue weighted by atomic mass is 16.3. The Morgan fingerprint density at radius 2 is 2.16 bits per heavy atom. The Hall–Kier alpha value is -2.12. The van der Waals surface area contributed by atoms with E-state index in [1.165, 1.54) is 11.3 Å². The smallest absolute Gasteiger partial charge is 0.135 e. The van der Waals surface area contributed by atoms with Gasteiger partial charge in [0, 0.05) is 11.9 Å². The highest BCUT2D eigenvalue weighted by Crippen LogP contribution is 2.32. The molecule has 0 saturated heterocycles. The first-order valence-electron chi connectivity index (χ1n) is 6.49. The van der Waals surface area contributed by atoms with Crippen molar-refractivity contribution in [3.63, 3.8) is 0 Å². The van der Waals surface area contributed by atoms with Crippen LogP contribution < -0.4 is 0 Å². The van der Waals surface area contributed by atoms with Crippen molar-refractivity contribution in [1.82, 2.24) is 9.55 Å². The number of aliphatic hydroxyl groups excluding tert-OH is 1. The van der Waals surface area contributed by atoms with Crippen LogP contribution in [0.3, 0.4) is 0 Å². The summed E-state index contributed by atoms with van der Waals surface area (Å²) >= 11 is 0. The molecule has 4 heteroatoms. The molecule has 2 heterocycles. The zero-order valence-corrected chi connectivity index (χ0v) is 10.6. The van der Waals surface area contributed by atoms with Crippen molar-refractivity contribution >= 4 is 0 Å². The Labute approximate surface area is 111 Å². The second-order valence-corrected chi connectivity index (χ2v) is 4.84. The van der Waals surface area contributed by atoms with Gasteiger partial charge in [-0.25, -0.2) is 4.98 Å². The first-order chi connectivity index (χ1) is 9.33. The summed E-state index contributed by atoms with van der Waals surface area (Å²) in [4.78, 5) is 4.29. The number of rotatable bonds is 2. The number of aryl methyl sites for hydroxylation is 1. The van der Waals surface area contributed by atoms with Gasteiger partial charge in [0.15, 0.2) is 0 Å². The average molecular weight is 253 g/mol. The monoisotopic (exact) mass is 253 g/mol. The van der Waals surface area contributed by atoms with Crippen molar-refractivity contribution in [2.45, 2.75) is 31.9 Å². The van der Waals surface area contributed by atoms with Gasteiger partial charge in [0.25, 0.3) is 0 Å². The zero-order chi connectivity index (χ0) is 13.2. The van der Waals surface area contributed by atoms with E-state index in [0.29, 0.717) is 5.56 Å². The molecule has 1 unspecified atom stereocenters. The van der Waals surface area contributed by atoms with Crippen LogP contribution in [0, 0.1) is 11.3 Å². The molecule has 19 heavy (non-hydrogen) atoms. The van der Waals surface area contributed by atoms with Gasteiger partial charge in [-0.2, -0.15) is 5.26 Å². The molecule has 0 aliphatic carbocycles. The topological polar surface area (TPSA) is 61.8 Å². The van der Waals surface area contributed by atoms with Crippen LogP contribution in [0.4, 0.5) is 0 Å². The van der Waals surface area contributed by atoms with Gasteiger partial charge in [-0.15, -0.1) is 0 Å². The third-order valence-corrected chi connectivity index (χ3v) is 3.74. The van der Waals surface area contributed by atoms with E-state index in [1.807, 2.05) is 30.5 Å². The highest BCUT2D eigenvalue weighted by Gasteiger charge is 2.24. The maximum absolute atomic E-state index is 9.40. The first-order valence-corrected chi connectivity index (χ1v) is 6.49. The Balaban J connectivity index is 2.02. The summed E-state index contributed by atoms with van der Waals surface area (Å²) in [5, 5.41) is 18.3. The van der Waals surface area contributed by atoms with Gasteiger partial charge in [0.05, 0.1) is 17.7 Å². The second kappa shape index (κ2) is 4.87. The molecule has 4 nitrogen and oxygen atoms in total. The van der Waals surface area contributed by atoms with Gasteiger partial charge in [-0.05, 0) is 37.0 Å². The molecule has 1 aromatic heterocycles. The van der Waals surface area contributed by atoms with E-state index in [0.717, 1.165) is 25.1 Å². The number of nitrogens with zero attached hydrogens (tertiary/aromatic N) is 3. The second-order valence-electron chi connectivity index (χ2n) is 4.84. The average Bonchev–Trinajstić information content (AvgIpc) is 2.90. The van der Waals surface area contributed by atoms with Crippen LogP contribution in [-0.2, 0) is 13.0 Å². The fourth-order valence-electron chi connectivity index (χ4n) is 2.82. The van der Waals surface area contributed by atoms with Crippen LogP contribution in [0.15, 0.2) is 30.5 Å². The van der Waals surface area contributed by atoms with Crippen LogP contribution in [0.2, 0.25) is 0 Å². The van der Waals surface area contributed by atoms with Crippen LogP contribution >= 0.6 is 0 Å². The maximum atomic E-state index is 9.40. The van der Waals surface area contributed by atoms with Crippen molar-refractivity contribution in [2.75, 3.05) is 0 Å². The van der Waals surface area contributed by atoms with Crippen molar-refractivity contribution < 1.29 is 5.11 Å². The molecular formula is C15H15N3O. The van der Waals surface area contributed by atoms with Crippen LogP contribution in [0.1, 0.15) is 41.5 Å². The summed E-state index contributed by atoms with van der Waals surface area (Å²) in [6, 6.07) is 10.0. The largest absolute Gasteiger partial charge is 0.388 e. The van der Waals surface area contributed by atoms with E-state index in [2.05, 4.69) is 15.6 Å². The van der Waals surface area contributed by atoms with Gasteiger partial charge >= 0.3 is 0 Å². The predicted molar refractivity (Wildman–Crippen MR) is 70.4 cm³/mol. The lowest BCUT2D eigenvalue weighted by molar-refractivity contribution is 0.258. The molecule has 1 aliphatic rings.